The largest absolute Gasteiger partial charge is 0.481 e. The van der Waals surface area contributed by atoms with E-state index in [4.69, 9.17) is 16.7 Å². The second kappa shape index (κ2) is 6.18. The maximum absolute atomic E-state index is 10.3. The maximum Gasteiger partial charge on any atom is 0.307 e. The number of carboxylic acid groups (broad SMARTS) is 1. The Balaban J connectivity index is 2.84. The second-order valence-electron chi connectivity index (χ2n) is 2.91. The zero-order valence-electron chi connectivity index (χ0n) is 8.18. The molecule has 1 aromatic carbocycles. The van der Waals surface area contributed by atoms with Crippen LogP contribution < -0.4 is 0 Å². The highest BCUT2D eigenvalue weighted by atomic mass is 35.5. The summed E-state index contributed by atoms with van der Waals surface area (Å²) in [6.07, 6.45) is 3.22. The van der Waals surface area contributed by atoms with Crippen LogP contribution in [0.4, 0.5) is 5.69 Å². The lowest BCUT2D eigenvalue weighted by atomic mass is 10.2. The predicted molar refractivity (Wildman–Crippen MR) is 67.4 cm³/mol. The monoisotopic (exact) mass is 253 g/mol. The van der Waals surface area contributed by atoms with E-state index < -0.39 is 5.97 Å². The first kappa shape index (κ1) is 12.6. The summed E-state index contributed by atoms with van der Waals surface area (Å²) in [5, 5.41) is 11.1. The summed E-state index contributed by atoms with van der Waals surface area (Å²) in [7, 11) is 0. The molecule has 0 aliphatic rings. The van der Waals surface area contributed by atoms with Gasteiger partial charge in [0.25, 0.3) is 0 Å². The van der Waals surface area contributed by atoms with E-state index in [1.807, 2.05) is 0 Å². The van der Waals surface area contributed by atoms with Crippen LogP contribution in [0.25, 0.3) is 6.08 Å². The van der Waals surface area contributed by atoms with Crippen molar-refractivity contribution in [2.24, 2.45) is 4.99 Å². The molecule has 3 nitrogen and oxygen atoms in total. The second-order valence-corrected chi connectivity index (χ2v) is 3.50. The Morgan fingerprint density at radius 1 is 1.62 bits per heavy atom. The van der Waals surface area contributed by atoms with E-state index in [0.717, 1.165) is 5.56 Å². The molecule has 0 fully saturated rings. The van der Waals surface area contributed by atoms with E-state index in [0.29, 0.717) is 10.7 Å². The fourth-order valence-corrected chi connectivity index (χ4v) is 1.39. The number of isothiocyanates is 1. The van der Waals surface area contributed by atoms with Crippen LogP contribution in [-0.2, 0) is 4.79 Å². The van der Waals surface area contributed by atoms with Crippen molar-refractivity contribution in [2.75, 3.05) is 0 Å². The van der Waals surface area contributed by atoms with Crippen LogP contribution in [0.2, 0.25) is 5.02 Å². The number of halogens is 1. The molecular weight excluding hydrogens is 246 g/mol. The van der Waals surface area contributed by atoms with Gasteiger partial charge < -0.3 is 5.11 Å². The quantitative estimate of drug-likeness (QED) is 0.659. The fraction of sp³-hybridized carbons (Fsp3) is 0.0909. The van der Waals surface area contributed by atoms with Gasteiger partial charge in [0.2, 0.25) is 0 Å². The number of hydrogen-bond donors (Lipinski definition) is 1. The van der Waals surface area contributed by atoms with Gasteiger partial charge in [0, 0.05) is 0 Å². The Hall–Kier alpha value is -1.48. The third-order valence-electron chi connectivity index (χ3n) is 1.74. The van der Waals surface area contributed by atoms with Crippen molar-refractivity contribution < 1.29 is 9.90 Å². The Bertz CT molecular complexity index is 479. The van der Waals surface area contributed by atoms with Gasteiger partial charge in [0.15, 0.2) is 0 Å². The van der Waals surface area contributed by atoms with Gasteiger partial charge in [-0.15, -0.1) is 0 Å². The molecule has 0 atom stereocenters. The molecule has 1 rings (SSSR count). The number of carboxylic acids is 1. The first-order valence-corrected chi connectivity index (χ1v) is 5.18. The van der Waals surface area contributed by atoms with E-state index >= 15 is 0 Å². The zero-order chi connectivity index (χ0) is 12.0. The predicted octanol–water partition coefficient (Wildman–Crippen LogP) is 3.56. The van der Waals surface area contributed by atoms with Crippen LogP contribution in [-0.4, -0.2) is 16.2 Å². The lowest BCUT2D eigenvalue weighted by Crippen LogP contribution is -1.89. The third-order valence-corrected chi connectivity index (χ3v) is 2.13. The van der Waals surface area contributed by atoms with Gasteiger partial charge in [-0.2, -0.15) is 4.99 Å². The van der Waals surface area contributed by atoms with E-state index in [1.165, 1.54) is 0 Å². The highest BCUT2D eigenvalue weighted by Crippen LogP contribution is 2.25. The number of rotatable bonds is 4. The summed E-state index contributed by atoms with van der Waals surface area (Å²) >= 11 is 10.4. The Kier molecular flexibility index (Phi) is 4.86. The molecule has 0 amide bonds. The van der Waals surface area contributed by atoms with Crippen molar-refractivity contribution in [2.45, 2.75) is 6.42 Å². The number of hydrogen-bond acceptors (Lipinski definition) is 3. The molecular formula is C11H8ClNO2S. The summed E-state index contributed by atoms with van der Waals surface area (Å²) in [5.74, 6) is -0.871. The van der Waals surface area contributed by atoms with Crippen LogP contribution in [0.5, 0.6) is 0 Å². The normalized spacial score (nSPS) is 10.1. The molecule has 0 bridgehead atoms. The summed E-state index contributed by atoms with van der Waals surface area (Å²) in [6.45, 7) is 0. The number of thiocarbonyl (C=S) groups is 1. The molecule has 0 aromatic heterocycles. The highest BCUT2D eigenvalue weighted by Gasteiger charge is 1.98. The van der Waals surface area contributed by atoms with Crippen LogP contribution in [0.15, 0.2) is 29.3 Å². The molecule has 0 unspecified atom stereocenters. The minimum Gasteiger partial charge on any atom is -0.481 e. The van der Waals surface area contributed by atoms with Gasteiger partial charge in [-0.3, -0.25) is 4.79 Å². The molecule has 0 saturated heterocycles. The fourth-order valence-electron chi connectivity index (χ4n) is 1.06. The van der Waals surface area contributed by atoms with E-state index in [9.17, 15) is 4.79 Å². The highest BCUT2D eigenvalue weighted by molar-refractivity contribution is 7.78. The van der Waals surface area contributed by atoms with Gasteiger partial charge in [0.05, 0.1) is 22.3 Å². The van der Waals surface area contributed by atoms with Gasteiger partial charge in [-0.25, -0.2) is 0 Å². The first-order valence-electron chi connectivity index (χ1n) is 4.39. The topological polar surface area (TPSA) is 49.7 Å². The van der Waals surface area contributed by atoms with Crippen molar-refractivity contribution in [3.05, 3.63) is 34.9 Å². The number of benzene rings is 1. The molecule has 0 aliphatic heterocycles. The third kappa shape index (κ3) is 3.95. The van der Waals surface area contributed by atoms with Crippen molar-refractivity contribution >= 4 is 46.7 Å². The zero-order valence-corrected chi connectivity index (χ0v) is 9.76. The molecule has 5 heteroatoms. The van der Waals surface area contributed by atoms with Crippen molar-refractivity contribution in [1.82, 2.24) is 0 Å². The number of carbonyl (C=O) groups is 1. The summed E-state index contributed by atoms with van der Waals surface area (Å²) in [4.78, 5) is 14.1. The van der Waals surface area contributed by atoms with Gasteiger partial charge >= 0.3 is 5.97 Å². The summed E-state index contributed by atoms with van der Waals surface area (Å²) in [6, 6.07) is 5.16. The Morgan fingerprint density at radius 2 is 2.38 bits per heavy atom. The standard InChI is InChI=1S/C11H8ClNO2S/c12-9-6-8(2-1-3-11(14)15)4-5-10(9)13-7-16/h1-2,4-6H,3H2,(H,14,15). The minimum absolute atomic E-state index is 0.0164. The maximum atomic E-state index is 10.3. The van der Waals surface area contributed by atoms with Crippen LogP contribution in [0, 0.1) is 0 Å². The van der Waals surface area contributed by atoms with Gasteiger partial charge in [-0.1, -0.05) is 29.8 Å². The molecule has 1 N–H and O–H groups in total. The van der Waals surface area contributed by atoms with Crippen molar-refractivity contribution in [3.63, 3.8) is 0 Å². The minimum atomic E-state index is -0.871. The summed E-state index contributed by atoms with van der Waals surface area (Å²) in [5.41, 5.74) is 1.36. The number of aliphatic carboxylic acids is 1. The smallest absolute Gasteiger partial charge is 0.307 e. The van der Waals surface area contributed by atoms with E-state index in [-0.39, 0.29) is 6.42 Å². The van der Waals surface area contributed by atoms with E-state index in [2.05, 4.69) is 22.4 Å². The van der Waals surface area contributed by atoms with Gasteiger partial charge in [-0.05, 0) is 29.9 Å². The first-order chi connectivity index (χ1) is 7.63. The molecule has 0 radical (unpaired) electrons. The average molecular weight is 254 g/mol. The number of aliphatic imine (C=N–C) groups is 1. The van der Waals surface area contributed by atoms with Crippen LogP contribution in [0.1, 0.15) is 12.0 Å². The SMILES string of the molecule is O=C(O)CC=Cc1ccc(N=C=S)c(Cl)c1. The van der Waals surface area contributed by atoms with Gasteiger partial charge in [0.1, 0.15) is 0 Å². The number of nitrogens with zero attached hydrogens (tertiary/aromatic N) is 1. The molecule has 0 aliphatic carbocycles. The molecule has 1 aromatic rings. The molecule has 0 saturated carbocycles. The molecule has 0 spiro atoms. The summed E-state index contributed by atoms with van der Waals surface area (Å²) < 4.78 is 0. The lowest BCUT2D eigenvalue weighted by molar-refractivity contribution is -0.135. The van der Waals surface area contributed by atoms with Crippen LogP contribution in [0.3, 0.4) is 0 Å². The molecule has 0 heterocycles. The average Bonchev–Trinajstić information content (AvgIpc) is 2.21. The lowest BCUT2D eigenvalue weighted by Gasteiger charge is -1.98. The van der Waals surface area contributed by atoms with Crippen molar-refractivity contribution in [1.29, 1.82) is 0 Å². The molecule has 82 valence electrons. The van der Waals surface area contributed by atoms with E-state index in [1.54, 1.807) is 30.4 Å². The Labute approximate surface area is 103 Å². The molecule has 16 heavy (non-hydrogen) atoms. The van der Waals surface area contributed by atoms with Crippen LogP contribution >= 0.6 is 23.8 Å². The van der Waals surface area contributed by atoms with Crippen molar-refractivity contribution in [3.8, 4) is 0 Å². The Morgan fingerprint density at radius 3 is 2.94 bits per heavy atom.